The third kappa shape index (κ3) is 6.35. The lowest BCUT2D eigenvalue weighted by atomic mass is 10.1. The van der Waals surface area contributed by atoms with Crippen molar-refractivity contribution in [3.63, 3.8) is 0 Å². The first-order valence-electron chi connectivity index (χ1n) is 7.55. The van der Waals surface area contributed by atoms with Gasteiger partial charge < -0.3 is 0 Å². The zero-order valence-corrected chi connectivity index (χ0v) is 14.0. The Morgan fingerprint density at radius 2 is 1.44 bits per heavy atom. The van der Waals surface area contributed by atoms with Crippen molar-refractivity contribution in [3.8, 4) is 0 Å². The minimum Gasteiger partial charge on any atom is -0.294 e. The number of carbonyl (C=O) groups excluding carboxylic acids is 3. The second-order valence-electron chi connectivity index (χ2n) is 5.33. The zero-order chi connectivity index (χ0) is 18.2. The van der Waals surface area contributed by atoms with Gasteiger partial charge in [-0.15, -0.1) is 0 Å². The summed E-state index contributed by atoms with van der Waals surface area (Å²) >= 11 is 5.76. The summed E-state index contributed by atoms with van der Waals surface area (Å²) in [4.78, 5) is 35.3. The topological polar surface area (TPSA) is 75.3 Å². The van der Waals surface area contributed by atoms with E-state index in [1.165, 1.54) is 24.3 Å². The molecule has 0 unspecified atom stereocenters. The fourth-order valence-corrected chi connectivity index (χ4v) is 2.17. The molecule has 2 aromatic rings. The Kier molecular flexibility index (Phi) is 6.65. The van der Waals surface area contributed by atoms with E-state index in [9.17, 15) is 18.8 Å². The molecule has 2 amide bonds. The number of halogens is 2. The summed E-state index contributed by atoms with van der Waals surface area (Å²) in [5.41, 5.74) is 5.62. The molecule has 5 nitrogen and oxygen atoms in total. The quantitative estimate of drug-likeness (QED) is 0.613. The Labute approximate surface area is 149 Å². The first-order chi connectivity index (χ1) is 11.9. The van der Waals surface area contributed by atoms with Crippen molar-refractivity contribution in [2.75, 3.05) is 0 Å². The summed E-state index contributed by atoms with van der Waals surface area (Å²) in [5, 5.41) is 0.572. The first kappa shape index (κ1) is 18.6. The van der Waals surface area contributed by atoms with Gasteiger partial charge in [-0.05, 0) is 42.0 Å². The normalized spacial score (nSPS) is 10.2. The van der Waals surface area contributed by atoms with E-state index in [4.69, 9.17) is 11.6 Å². The molecule has 0 radical (unpaired) electrons. The highest BCUT2D eigenvalue weighted by Crippen LogP contribution is 2.10. The zero-order valence-electron chi connectivity index (χ0n) is 13.2. The van der Waals surface area contributed by atoms with Gasteiger partial charge in [0.1, 0.15) is 5.82 Å². The van der Waals surface area contributed by atoms with Crippen molar-refractivity contribution in [2.45, 2.75) is 19.3 Å². The van der Waals surface area contributed by atoms with Crippen LogP contribution in [0.3, 0.4) is 0 Å². The van der Waals surface area contributed by atoms with Crippen molar-refractivity contribution in [1.82, 2.24) is 10.9 Å². The van der Waals surface area contributed by atoms with Crippen LogP contribution >= 0.6 is 11.6 Å². The number of nitrogens with one attached hydrogen (secondary N) is 2. The van der Waals surface area contributed by atoms with E-state index in [2.05, 4.69) is 10.9 Å². The summed E-state index contributed by atoms with van der Waals surface area (Å²) in [5.74, 6) is -1.58. The maximum Gasteiger partial charge on any atom is 0.242 e. The molecule has 0 heterocycles. The second-order valence-corrected chi connectivity index (χ2v) is 5.77. The van der Waals surface area contributed by atoms with Crippen LogP contribution in [0.15, 0.2) is 48.5 Å². The summed E-state index contributed by atoms with van der Waals surface area (Å²) in [6, 6.07) is 11.9. The molecule has 0 fully saturated rings. The van der Waals surface area contributed by atoms with E-state index in [0.717, 1.165) is 5.56 Å². The molecule has 0 saturated heterocycles. The standard InChI is InChI=1S/C18H16ClFN2O3/c19-14-5-1-12(2-6-14)11-18(25)22-21-17(24)10-9-16(23)13-3-7-15(20)8-4-13/h1-8H,9-11H2,(H,21,24)(H,22,25). The largest absolute Gasteiger partial charge is 0.294 e. The van der Waals surface area contributed by atoms with Crippen LogP contribution < -0.4 is 10.9 Å². The smallest absolute Gasteiger partial charge is 0.242 e. The van der Waals surface area contributed by atoms with E-state index >= 15 is 0 Å². The van der Waals surface area contributed by atoms with E-state index in [0.29, 0.717) is 10.6 Å². The van der Waals surface area contributed by atoms with Crippen LogP contribution in [0.5, 0.6) is 0 Å². The summed E-state index contributed by atoms with van der Waals surface area (Å²) in [6.45, 7) is 0. The predicted molar refractivity (Wildman–Crippen MR) is 91.4 cm³/mol. The Morgan fingerprint density at radius 1 is 0.840 bits per heavy atom. The van der Waals surface area contributed by atoms with Gasteiger partial charge in [-0.1, -0.05) is 23.7 Å². The van der Waals surface area contributed by atoms with E-state index < -0.39 is 11.7 Å². The molecule has 0 atom stereocenters. The van der Waals surface area contributed by atoms with Gasteiger partial charge in [-0.25, -0.2) is 4.39 Å². The van der Waals surface area contributed by atoms with Crippen LogP contribution in [0, 0.1) is 5.82 Å². The van der Waals surface area contributed by atoms with Crippen LogP contribution in [0.2, 0.25) is 5.02 Å². The Balaban J connectivity index is 1.71. The second kappa shape index (κ2) is 8.94. The lowest BCUT2D eigenvalue weighted by Gasteiger charge is -2.07. The van der Waals surface area contributed by atoms with Crippen molar-refractivity contribution >= 4 is 29.2 Å². The molecule has 7 heteroatoms. The number of hydrazine groups is 1. The van der Waals surface area contributed by atoms with E-state index in [1.54, 1.807) is 24.3 Å². The minimum absolute atomic E-state index is 0.0372. The number of rotatable bonds is 6. The molecule has 0 bridgehead atoms. The summed E-state index contributed by atoms with van der Waals surface area (Å²) in [7, 11) is 0. The lowest BCUT2D eigenvalue weighted by molar-refractivity contribution is -0.128. The van der Waals surface area contributed by atoms with Crippen LogP contribution in [-0.2, 0) is 16.0 Å². The maximum absolute atomic E-state index is 12.8. The summed E-state index contributed by atoms with van der Waals surface area (Å²) < 4.78 is 12.8. The number of hydrogen-bond donors (Lipinski definition) is 2. The molecule has 0 aliphatic rings. The Hall–Kier alpha value is -2.73. The van der Waals surface area contributed by atoms with Gasteiger partial charge in [0.25, 0.3) is 0 Å². The predicted octanol–water partition coefficient (Wildman–Crippen LogP) is 2.83. The molecule has 130 valence electrons. The molecular weight excluding hydrogens is 347 g/mol. The van der Waals surface area contributed by atoms with Gasteiger partial charge in [0.2, 0.25) is 11.8 Å². The fraction of sp³-hybridized carbons (Fsp3) is 0.167. The average Bonchev–Trinajstić information content (AvgIpc) is 2.60. The number of ketones is 1. The highest BCUT2D eigenvalue weighted by molar-refractivity contribution is 6.30. The van der Waals surface area contributed by atoms with Crippen molar-refractivity contribution < 1.29 is 18.8 Å². The number of carbonyl (C=O) groups is 3. The highest BCUT2D eigenvalue weighted by atomic mass is 35.5. The molecule has 2 rings (SSSR count). The molecule has 25 heavy (non-hydrogen) atoms. The third-order valence-electron chi connectivity index (χ3n) is 3.36. The van der Waals surface area contributed by atoms with Gasteiger partial charge in [0.05, 0.1) is 6.42 Å². The molecule has 2 N–H and O–H groups in total. The van der Waals surface area contributed by atoms with Gasteiger partial charge in [0, 0.05) is 23.4 Å². The van der Waals surface area contributed by atoms with E-state index in [1.807, 2.05) is 0 Å². The molecule has 0 aliphatic carbocycles. The minimum atomic E-state index is -0.486. The third-order valence-corrected chi connectivity index (χ3v) is 3.62. The monoisotopic (exact) mass is 362 g/mol. The van der Waals surface area contributed by atoms with Crippen molar-refractivity contribution in [2.24, 2.45) is 0 Å². The van der Waals surface area contributed by atoms with E-state index in [-0.39, 0.29) is 31.0 Å². The highest BCUT2D eigenvalue weighted by Gasteiger charge is 2.10. The maximum atomic E-state index is 12.8. The molecule has 2 aromatic carbocycles. The van der Waals surface area contributed by atoms with Crippen LogP contribution in [-0.4, -0.2) is 17.6 Å². The van der Waals surface area contributed by atoms with Crippen LogP contribution in [0.4, 0.5) is 4.39 Å². The summed E-state index contributed by atoms with van der Waals surface area (Å²) in [6.07, 6.45) is -0.0338. The number of benzene rings is 2. The van der Waals surface area contributed by atoms with Gasteiger partial charge in [-0.2, -0.15) is 0 Å². The lowest BCUT2D eigenvalue weighted by Crippen LogP contribution is -2.42. The molecule has 0 aliphatic heterocycles. The molecule has 0 spiro atoms. The average molecular weight is 363 g/mol. The van der Waals surface area contributed by atoms with Crippen molar-refractivity contribution in [1.29, 1.82) is 0 Å². The number of hydrogen-bond acceptors (Lipinski definition) is 3. The molecule has 0 saturated carbocycles. The molecule has 0 aromatic heterocycles. The SMILES string of the molecule is O=C(CCC(=O)c1ccc(F)cc1)NNC(=O)Cc1ccc(Cl)cc1. The Morgan fingerprint density at radius 3 is 2.08 bits per heavy atom. The fourth-order valence-electron chi connectivity index (χ4n) is 2.04. The first-order valence-corrected chi connectivity index (χ1v) is 7.93. The number of Topliss-reactive ketones (excluding diaryl/α,β-unsaturated/α-hetero) is 1. The van der Waals surface area contributed by atoms with Gasteiger partial charge >= 0.3 is 0 Å². The van der Waals surface area contributed by atoms with Gasteiger partial charge in [-0.3, -0.25) is 25.2 Å². The van der Waals surface area contributed by atoms with Crippen LogP contribution in [0.25, 0.3) is 0 Å². The van der Waals surface area contributed by atoms with Crippen molar-refractivity contribution in [3.05, 3.63) is 70.5 Å². The van der Waals surface area contributed by atoms with Gasteiger partial charge in [0.15, 0.2) is 5.78 Å². The molecular formula is C18H16ClFN2O3. The Bertz CT molecular complexity index is 761. The van der Waals surface area contributed by atoms with Crippen LogP contribution in [0.1, 0.15) is 28.8 Å². The number of amides is 2.